The Hall–Kier alpha value is -2.97. The molecule has 0 saturated heterocycles. The second kappa shape index (κ2) is 7.53. The summed E-state index contributed by atoms with van der Waals surface area (Å²) in [6, 6.07) is 9.55. The van der Waals surface area contributed by atoms with Gasteiger partial charge in [-0.1, -0.05) is 18.2 Å². The first-order valence-electron chi connectivity index (χ1n) is 7.69. The highest BCUT2D eigenvalue weighted by atomic mass is 16.5. The maximum atomic E-state index is 11.8. The zero-order valence-corrected chi connectivity index (χ0v) is 13.0. The standard InChI is InChI=1S/C15H18N6O3/c22-14(17-11-6-7-11)8-16-15(23)9-21-19-13(18-20-21)10-24-12-4-2-1-3-5-12/h1-5,11H,6-10H2,(H,16,23)(H,17,22). The molecular weight excluding hydrogens is 312 g/mol. The lowest BCUT2D eigenvalue weighted by Gasteiger charge is -2.05. The van der Waals surface area contributed by atoms with Crippen LogP contribution in [-0.4, -0.2) is 44.6 Å². The van der Waals surface area contributed by atoms with E-state index in [4.69, 9.17) is 4.74 Å². The highest BCUT2D eigenvalue weighted by molar-refractivity contribution is 5.84. The number of para-hydroxylation sites is 1. The zero-order valence-electron chi connectivity index (χ0n) is 13.0. The van der Waals surface area contributed by atoms with Crippen LogP contribution >= 0.6 is 0 Å². The second-order valence-corrected chi connectivity index (χ2v) is 5.46. The van der Waals surface area contributed by atoms with Crippen molar-refractivity contribution in [3.05, 3.63) is 36.2 Å². The van der Waals surface area contributed by atoms with Gasteiger partial charge in [0.2, 0.25) is 17.6 Å². The quantitative estimate of drug-likeness (QED) is 0.684. The van der Waals surface area contributed by atoms with Gasteiger partial charge in [0, 0.05) is 6.04 Å². The van der Waals surface area contributed by atoms with E-state index in [1.807, 2.05) is 30.3 Å². The molecule has 3 rings (SSSR count). The van der Waals surface area contributed by atoms with Gasteiger partial charge >= 0.3 is 0 Å². The highest BCUT2D eigenvalue weighted by Gasteiger charge is 2.23. The van der Waals surface area contributed by atoms with Gasteiger partial charge in [0.25, 0.3) is 0 Å². The van der Waals surface area contributed by atoms with Crippen LogP contribution in [0.4, 0.5) is 0 Å². The van der Waals surface area contributed by atoms with Gasteiger partial charge in [0.05, 0.1) is 6.54 Å². The summed E-state index contributed by atoms with van der Waals surface area (Å²) in [5.41, 5.74) is 0. The van der Waals surface area contributed by atoms with Gasteiger partial charge in [-0.3, -0.25) is 9.59 Å². The van der Waals surface area contributed by atoms with Crippen molar-refractivity contribution in [1.29, 1.82) is 0 Å². The Kier molecular flexibility index (Phi) is 4.99. The lowest BCUT2D eigenvalue weighted by atomic mass is 10.3. The largest absolute Gasteiger partial charge is 0.485 e. The summed E-state index contributed by atoms with van der Waals surface area (Å²) in [4.78, 5) is 24.4. The molecule has 0 aliphatic heterocycles. The molecule has 1 aliphatic carbocycles. The molecule has 1 saturated carbocycles. The van der Waals surface area contributed by atoms with E-state index < -0.39 is 0 Å². The Balaban J connectivity index is 1.39. The first-order valence-corrected chi connectivity index (χ1v) is 7.69. The number of nitrogens with zero attached hydrogens (tertiary/aromatic N) is 4. The molecular formula is C15H18N6O3. The Morgan fingerprint density at radius 2 is 2.00 bits per heavy atom. The van der Waals surface area contributed by atoms with Crippen LogP contribution in [0, 0.1) is 0 Å². The molecule has 2 N–H and O–H groups in total. The zero-order chi connectivity index (χ0) is 16.8. The number of nitrogens with one attached hydrogen (secondary N) is 2. The van der Waals surface area contributed by atoms with Gasteiger partial charge in [-0.15, -0.1) is 10.2 Å². The number of amides is 2. The van der Waals surface area contributed by atoms with E-state index >= 15 is 0 Å². The van der Waals surface area contributed by atoms with Crippen LogP contribution in [0.25, 0.3) is 0 Å². The summed E-state index contributed by atoms with van der Waals surface area (Å²) in [6.07, 6.45) is 2.02. The summed E-state index contributed by atoms with van der Waals surface area (Å²) >= 11 is 0. The lowest BCUT2D eigenvalue weighted by molar-refractivity contribution is -0.126. The van der Waals surface area contributed by atoms with Crippen molar-refractivity contribution >= 4 is 11.8 Å². The summed E-state index contributed by atoms with van der Waals surface area (Å²) in [5.74, 6) is 0.537. The number of carbonyl (C=O) groups excluding carboxylic acids is 2. The number of ether oxygens (including phenoxy) is 1. The fourth-order valence-corrected chi connectivity index (χ4v) is 1.94. The van der Waals surface area contributed by atoms with Crippen LogP contribution in [0.5, 0.6) is 5.75 Å². The predicted molar refractivity (Wildman–Crippen MR) is 82.8 cm³/mol. The topological polar surface area (TPSA) is 111 Å². The van der Waals surface area contributed by atoms with Crippen LogP contribution in [0.15, 0.2) is 30.3 Å². The van der Waals surface area contributed by atoms with E-state index in [2.05, 4.69) is 26.0 Å². The SMILES string of the molecule is O=C(Cn1nnc(COc2ccccc2)n1)NCC(=O)NC1CC1. The molecule has 0 spiro atoms. The van der Waals surface area contributed by atoms with Crippen molar-refractivity contribution in [2.75, 3.05) is 6.54 Å². The minimum absolute atomic E-state index is 0.0476. The molecule has 1 aliphatic rings. The van der Waals surface area contributed by atoms with Gasteiger partial charge in [0.1, 0.15) is 12.3 Å². The minimum Gasteiger partial charge on any atom is -0.485 e. The Labute approximate surface area is 138 Å². The molecule has 9 heteroatoms. The number of aromatic nitrogens is 4. The first kappa shape index (κ1) is 15.9. The molecule has 9 nitrogen and oxygen atoms in total. The van der Waals surface area contributed by atoms with Crippen LogP contribution in [0.3, 0.4) is 0 Å². The van der Waals surface area contributed by atoms with Crippen molar-refractivity contribution < 1.29 is 14.3 Å². The summed E-state index contributed by atoms with van der Waals surface area (Å²) < 4.78 is 5.50. The third kappa shape index (κ3) is 5.04. The molecule has 1 aromatic carbocycles. The van der Waals surface area contributed by atoms with Crippen molar-refractivity contribution in [2.24, 2.45) is 0 Å². The fourth-order valence-electron chi connectivity index (χ4n) is 1.94. The molecule has 0 atom stereocenters. The molecule has 1 fully saturated rings. The number of tetrazole rings is 1. The van der Waals surface area contributed by atoms with Crippen molar-refractivity contribution in [2.45, 2.75) is 32.0 Å². The average Bonchev–Trinajstić information content (AvgIpc) is 3.29. The van der Waals surface area contributed by atoms with E-state index in [1.165, 1.54) is 0 Å². The summed E-state index contributed by atoms with van der Waals surface area (Å²) in [7, 11) is 0. The second-order valence-electron chi connectivity index (χ2n) is 5.46. The lowest BCUT2D eigenvalue weighted by Crippen LogP contribution is -2.39. The molecule has 1 aromatic heterocycles. The smallest absolute Gasteiger partial charge is 0.244 e. The van der Waals surface area contributed by atoms with E-state index in [0.29, 0.717) is 11.6 Å². The van der Waals surface area contributed by atoms with Crippen molar-refractivity contribution in [3.8, 4) is 5.75 Å². The minimum atomic E-state index is -0.353. The first-order chi connectivity index (χ1) is 11.7. The summed E-state index contributed by atoms with van der Waals surface area (Å²) in [5, 5.41) is 17.0. The Bertz CT molecular complexity index is 698. The monoisotopic (exact) mass is 330 g/mol. The van der Waals surface area contributed by atoms with Gasteiger partial charge < -0.3 is 15.4 Å². The maximum Gasteiger partial charge on any atom is 0.244 e. The molecule has 2 amide bonds. The van der Waals surface area contributed by atoms with Crippen molar-refractivity contribution in [3.63, 3.8) is 0 Å². The molecule has 0 bridgehead atoms. The molecule has 0 radical (unpaired) electrons. The van der Waals surface area contributed by atoms with Gasteiger partial charge in [-0.05, 0) is 30.2 Å². The number of carbonyl (C=O) groups is 2. The highest BCUT2D eigenvalue weighted by Crippen LogP contribution is 2.18. The Morgan fingerprint density at radius 3 is 2.75 bits per heavy atom. The molecule has 126 valence electrons. The molecule has 1 heterocycles. The molecule has 24 heavy (non-hydrogen) atoms. The van der Waals surface area contributed by atoms with Gasteiger partial charge in [-0.25, -0.2) is 0 Å². The normalized spacial score (nSPS) is 13.3. The third-order valence-corrected chi connectivity index (χ3v) is 3.28. The van der Waals surface area contributed by atoms with Gasteiger partial charge in [-0.2, -0.15) is 4.80 Å². The fraction of sp³-hybridized carbons (Fsp3) is 0.400. The number of hydrogen-bond donors (Lipinski definition) is 2. The van der Waals surface area contributed by atoms with E-state index in [0.717, 1.165) is 17.6 Å². The third-order valence-electron chi connectivity index (χ3n) is 3.28. The van der Waals surface area contributed by atoms with Gasteiger partial charge in [0.15, 0.2) is 6.61 Å². The van der Waals surface area contributed by atoms with Crippen molar-refractivity contribution in [1.82, 2.24) is 30.8 Å². The molecule has 2 aromatic rings. The van der Waals surface area contributed by atoms with Crippen LogP contribution in [0.2, 0.25) is 0 Å². The maximum absolute atomic E-state index is 11.8. The number of rotatable bonds is 8. The number of hydrogen-bond acceptors (Lipinski definition) is 6. The van der Waals surface area contributed by atoms with E-state index in [-0.39, 0.29) is 37.6 Å². The predicted octanol–water partition coefficient (Wildman–Crippen LogP) is -0.353. The average molecular weight is 330 g/mol. The molecule has 0 unspecified atom stereocenters. The van der Waals surface area contributed by atoms with Crippen LogP contribution < -0.4 is 15.4 Å². The summed E-state index contributed by atoms with van der Waals surface area (Å²) in [6.45, 7) is 0.0124. The number of benzene rings is 1. The van der Waals surface area contributed by atoms with E-state index in [1.54, 1.807) is 0 Å². The van der Waals surface area contributed by atoms with Crippen LogP contribution in [-0.2, 0) is 22.7 Å². The Morgan fingerprint density at radius 1 is 1.21 bits per heavy atom. The van der Waals surface area contributed by atoms with Crippen LogP contribution in [0.1, 0.15) is 18.7 Å². The van der Waals surface area contributed by atoms with E-state index in [9.17, 15) is 9.59 Å².